The summed E-state index contributed by atoms with van der Waals surface area (Å²) in [6, 6.07) is 9.32. The Morgan fingerprint density at radius 2 is 2.00 bits per heavy atom. The molecule has 0 aliphatic rings. The van der Waals surface area contributed by atoms with Gasteiger partial charge in [0.2, 0.25) is 0 Å². The Labute approximate surface area is 184 Å². The van der Waals surface area contributed by atoms with E-state index in [-0.39, 0.29) is 18.7 Å². The average molecular weight is 440 g/mol. The predicted octanol–water partition coefficient (Wildman–Crippen LogP) is 2.19. The van der Waals surface area contributed by atoms with E-state index in [4.69, 9.17) is 14.6 Å². The highest BCUT2D eigenvalue weighted by Crippen LogP contribution is 2.32. The molecule has 1 unspecified atom stereocenters. The summed E-state index contributed by atoms with van der Waals surface area (Å²) in [5.74, 6) is -1.08. The van der Waals surface area contributed by atoms with E-state index in [0.717, 1.165) is 0 Å². The minimum Gasteiger partial charge on any atom is -0.497 e. The van der Waals surface area contributed by atoms with Crippen molar-refractivity contribution in [3.05, 3.63) is 48.2 Å². The molecule has 1 atom stereocenters. The Hall–Kier alpha value is -4.08. The Morgan fingerprint density at radius 1 is 1.22 bits per heavy atom. The molecule has 0 fully saturated rings. The minimum absolute atomic E-state index is 0.106. The van der Waals surface area contributed by atoms with Gasteiger partial charge in [0.25, 0.3) is 5.91 Å². The lowest BCUT2D eigenvalue weighted by molar-refractivity contribution is -0.141. The number of methoxy groups -OCH3 is 1. The summed E-state index contributed by atoms with van der Waals surface area (Å²) in [5.41, 5.74) is 1.67. The number of nitrogens with zero attached hydrogens (tertiary/aromatic N) is 2. The van der Waals surface area contributed by atoms with Gasteiger partial charge in [0.05, 0.1) is 19.3 Å². The molecule has 3 aromatic rings. The quantitative estimate of drug-likeness (QED) is 0.432. The number of benzene rings is 1. The molecular weight excluding hydrogens is 416 g/mol. The summed E-state index contributed by atoms with van der Waals surface area (Å²) in [7, 11) is 1.55. The van der Waals surface area contributed by atoms with Crippen LogP contribution >= 0.6 is 0 Å². The van der Waals surface area contributed by atoms with Gasteiger partial charge >= 0.3 is 11.9 Å². The zero-order chi connectivity index (χ0) is 23.3. The van der Waals surface area contributed by atoms with Crippen LogP contribution in [0.5, 0.6) is 5.75 Å². The standard InChI is InChI=1S/C22H24N4O6/c1-4-32-17(27)12-23-20-18(14-7-5-8-15(11-14)31-3)25-19-16(9-6-10-26(19)20)21(28)24-13(2)22(29)30/h5-11,13,23H,4,12H2,1-3H3,(H,24,28)(H,29,30). The summed E-state index contributed by atoms with van der Waals surface area (Å²) >= 11 is 0. The number of carbonyl (C=O) groups excluding carboxylic acids is 2. The van der Waals surface area contributed by atoms with Gasteiger partial charge in [-0.1, -0.05) is 12.1 Å². The topological polar surface area (TPSA) is 131 Å². The second-order valence-electron chi connectivity index (χ2n) is 6.85. The van der Waals surface area contributed by atoms with Gasteiger partial charge in [-0.15, -0.1) is 0 Å². The van der Waals surface area contributed by atoms with Crippen LogP contribution in [-0.2, 0) is 14.3 Å². The van der Waals surface area contributed by atoms with Gasteiger partial charge in [0.15, 0.2) is 5.65 Å². The van der Waals surface area contributed by atoms with Crippen molar-refractivity contribution in [2.45, 2.75) is 19.9 Å². The van der Waals surface area contributed by atoms with Gasteiger partial charge in [0.1, 0.15) is 29.8 Å². The summed E-state index contributed by atoms with van der Waals surface area (Å²) in [6.07, 6.45) is 1.69. The maximum Gasteiger partial charge on any atom is 0.325 e. The molecule has 10 nitrogen and oxygen atoms in total. The van der Waals surface area contributed by atoms with Gasteiger partial charge in [-0.25, -0.2) is 4.98 Å². The Morgan fingerprint density at radius 3 is 2.69 bits per heavy atom. The van der Waals surface area contributed by atoms with Gasteiger partial charge in [-0.05, 0) is 38.1 Å². The average Bonchev–Trinajstić information content (AvgIpc) is 3.16. The van der Waals surface area contributed by atoms with Crippen LogP contribution in [0.15, 0.2) is 42.6 Å². The molecular formula is C22H24N4O6. The normalized spacial score (nSPS) is 11.6. The molecule has 0 saturated carbocycles. The molecule has 10 heteroatoms. The van der Waals surface area contributed by atoms with Crippen molar-refractivity contribution in [2.24, 2.45) is 0 Å². The van der Waals surface area contributed by atoms with E-state index >= 15 is 0 Å². The van der Waals surface area contributed by atoms with Crippen molar-refractivity contribution in [3.63, 3.8) is 0 Å². The van der Waals surface area contributed by atoms with Crippen LogP contribution < -0.4 is 15.4 Å². The second-order valence-corrected chi connectivity index (χ2v) is 6.85. The largest absolute Gasteiger partial charge is 0.497 e. The van der Waals surface area contributed by atoms with Gasteiger partial charge < -0.3 is 25.2 Å². The van der Waals surface area contributed by atoms with E-state index in [2.05, 4.69) is 15.6 Å². The number of carboxylic acids is 1. The fourth-order valence-electron chi connectivity index (χ4n) is 3.09. The first-order valence-electron chi connectivity index (χ1n) is 9.94. The van der Waals surface area contributed by atoms with Crippen molar-refractivity contribution in [1.29, 1.82) is 0 Å². The molecule has 3 rings (SSSR count). The van der Waals surface area contributed by atoms with Crippen molar-refractivity contribution in [3.8, 4) is 17.0 Å². The molecule has 0 spiro atoms. The van der Waals surface area contributed by atoms with E-state index in [9.17, 15) is 14.4 Å². The highest BCUT2D eigenvalue weighted by molar-refractivity contribution is 6.02. The Balaban J connectivity index is 2.11. The van der Waals surface area contributed by atoms with E-state index < -0.39 is 23.9 Å². The van der Waals surface area contributed by atoms with Crippen LogP contribution in [0.1, 0.15) is 24.2 Å². The number of ether oxygens (including phenoxy) is 2. The molecule has 1 amide bonds. The molecule has 0 bridgehead atoms. The molecule has 1 aromatic carbocycles. The van der Waals surface area contributed by atoms with Crippen molar-refractivity contribution < 1.29 is 29.0 Å². The molecule has 0 aliphatic heterocycles. The van der Waals surface area contributed by atoms with Crippen molar-refractivity contribution in [2.75, 3.05) is 25.6 Å². The third kappa shape index (κ3) is 4.80. The second kappa shape index (κ2) is 9.82. The van der Waals surface area contributed by atoms with Crippen LogP contribution in [-0.4, -0.2) is 58.6 Å². The maximum atomic E-state index is 12.7. The number of carboxylic acid groups (broad SMARTS) is 1. The number of nitrogens with one attached hydrogen (secondary N) is 2. The molecule has 32 heavy (non-hydrogen) atoms. The SMILES string of the molecule is CCOC(=O)CNc1c(-c2cccc(OC)c2)nc2c(C(=O)NC(C)C(=O)O)cccn12. The Bertz CT molecular complexity index is 1160. The number of aromatic nitrogens is 2. The number of imidazole rings is 1. The predicted molar refractivity (Wildman–Crippen MR) is 117 cm³/mol. The molecule has 2 aromatic heterocycles. The summed E-state index contributed by atoms with van der Waals surface area (Å²) in [4.78, 5) is 40.4. The molecule has 168 valence electrons. The number of hydrogen-bond donors (Lipinski definition) is 3. The lowest BCUT2D eigenvalue weighted by Gasteiger charge is -2.11. The monoisotopic (exact) mass is 440 g/mol. The van der Waals surface area contributed by atoms with Crippen molar-refractivity contribution >= 4 is 29.3 Å². The van der Waals surface area contributed by atoms with Crippen LogP contribution in [0.2, 0.25) is 0 Å². The smallest absolute Gasteiger partial charge is 0.325 e. The van der Waals surface area contributed by atoms with Crippen molar-refractivity contribution in [1.82, 2.24) is 14.7 Å². The number of fused-ring (bicyclic) bond motifs is 1. The summed E-state index contributed by atoms with van der Waals surface area (Å²) in [6.45, 7) is 3.24. The summed E-state index contributed by atoms with van der Waals surface area (Å²) < 4.78 is 11.9. The summed E-state index contributed by atoms with van der Waals surface area (Å²) in [5, 5.41) is 14.6. The number of anilines is 1. The van der Waals surface area contributed by atoms with E-state index in [1.807, 2.05) is 6.07 Å². The fourth-order valence-corrected chi connectivity index (χ4v) is 3.09. The third-order valence-electron chi connectivity index (χ3n) is 4.66. The number of amides is 1. The number of hydrogen-bond acceptors (Lipinski definition) is 7. The highest BCUT2D eigenvalue weighted by atomic mass is 16.5. The highest BCUT2D eigenvalue weighted by Gasteiger charge is 2.22. The van der Waals surface area contributed by atoms with Crippen LogP contribution in [0.4, 0.5) is 5.82 Å². The number of rotatable bonds is 9. The first-order valence-corrected chi connectivity index (χ1v) is 9.94. The third-order valence-corrected chi connectivity index (χ3v) is 4.66. The number of aliphatic carboxylic acids is 1. The lowest BCUT2D eigenvalue weighted by atomic mass is 10.1. The van der Waals surface area contributed by atoms with Gasteiger partial charge in [-0.2, -0.15) is 0 Å². The zero-order valence-corrected chi connectivity index (χ0v) is 17.9. The first kappa shape index (κ1) is 22.6. The van der Waals surface area contributed by atoms with E-state index in [1.165, 1.54) is 6.92 Å². The molecule has 0 aliphatic carbocycles. The molecule has 0 saturated heterocycles. The molecule has 3 N–H and O–H groups in total. The fraction of sp³-hybridized carbons (Fsp3) is 0.273. The number of carbonyl (C=O) groups is 3. The molecule has 0 radical (unpaired) electrons. The van der Waals surface area contributed by atoms with E-state index in [1.54, 1.807) is 55.0 Å². The number of esters is 1. The maximum absolute atomic E-state index is 12.7. The Kier molecular flexibility index (Phi) is 6.93. The van der Waals surface area contributed by atoms with Crippen LogP contribution in [0.25, 0.3) is 16.9 Å². The van der Waals surface area contributed by atoms with Crippen LogP contribution in [0, 0.1) is 0 Å². The van der Waals surface area contributed by atoms with Gasteiger partial charge in [-0.3, -0.25) is 18.8 Å². The van der Waals surface area contributed by atoms with E-state index in [0.29, 0.717) is 28.5 Å². The van der Waals surface area contributed by atoms with Gasteiger partial charge in [0, 0.05) is 11.8 Å². The number of pyridine rings is 1. The minimum atomic E-state index is -1.15. The van der Waals surface area contributed by atoms with Crippen LogP contribution in [0.3, 0.4) is 0 Å². The zero-order valence-electron chi connectivity index (χ0n) is 17.9. The first-order chi connectivity index (χ1) is 15.3. The molecule has 2 heterocycles. The lowest BCUT2D eigenvalue weighted by Crippen LogP contribution is -2.38.